The molecule has 142 valence electrons. The highest BCUT2D eigenvalue weighted by Gasteiger charge is 2.11. The lowest BCUT2D eigenvalue weighted by atomic mass is 10.0. The van der Waals surface area contributed by atoms with E-state index in [-0.39, 0.29) is 24.5 Å². The molecule has 0 aliphatic rings. The van der Waals surface area contributed by atoms with Gasteiger partial charge in [0, 0.05) is 24.1 Å². The molecule has 0 fully saturated rings. The van der Waals surface area contributed by atoms with Gasteiger partial charge in [-0.1, -0.05) is 49.2 Å². The van der Waals surface area contributed by atoms with Gasteiger partial charge in [-0.2, -0.15) is 0 Å². The molecule has 0 saturated heterocycles. The van der Waals surface area contributed by atoms with E-state index in [9.17, 15) is 14.4 Å². The maximum atomic E-state index is 12.1. The van der Waals surface area contributed by atoms with Crippen molar-refractivity contribution in [2.45, 2.75) is 39.5 Å². The number of ether oxygens (including phenoxy) is 1. The minimum atomic E-state index is -0.408. The van der Waals surface area contributed by atoms with Crippen molar-refractivity contribution in [2.75, 3.05) is 11.9 Å². The van der Waals surface area contributed by atoms with Crippen LogP contribution in [-0.2, 0) is 9.53 Å². The zero-order chi connectivity index (χ0) is 19.6. The topological polar surface area (TPSA) is 72.5 Å². The number of nitrogens with one attached hydrogen (secondary N) is 1. The molecule has 0 saturated carbocycles. The zero-order valence-electron chi connectivity index (χ0n) is 15.8. The van der Waals surface area contributed by atoms with Gasteiger partial charge in [0.05, 0.1) is 12.2 Å². The van der Waals surface area contributed by atoms with E-state index in [1.807, 2.05) is 26.0 Å². The molecule has 2 rings (SSSR count). The number of rotatable bonds is 9. The number of benzene rings is 2. The molecule has 0 atom stereocenters. The molecule has 1 amide bonds. The Morgan fingerprint density at radius 2 is 1.70 bits per heavy atom. The molecular formula is C22H25NO4. The van der Waals surface area contributed by atoms with Crippen molar-refractivity contribution < 1.29 is 19.1 Å². The lowest BCUT2D eigenvalue weighted by molar-refractivity contribution is -0.116. The van der Waals surface area contributed by atoms with Gasteiger partial charge in [0.15, 0.2) is 5.78 Å². The summed E-state index contributed by atoms with van der Waals surface area (Å²) in [5.41, 5.74) is 2.58. The fraction of sp³-hybridized carbons (Fsp3) is 0.318. The van der Waals surface area contributed by atoms with E-state index in [1.54, 1.807) is 36.4 Å². The minimum Gasteiger partial charge on any atom is -0.462 e. The second kappa shape index (κ2) is 10.3. The van der Waals surface area contributed by atoms with Gasteiger partial charge in [-0.3, -0.25) is 9.59 Å². The van der Waals surface area contributed by atoms with Gasteiger partial charge in [-0.05, 0) is 31.5 Å². The lowest BCUT2D eigenvalue weighted by Crippen LogP contribution is -2.14. The average molecular weight is 367 g/mol. The highest BCUT2D eigenvalue weighted by molar-refractivity contribution is 6.00. The van der Waals surface area contributed by atoms with Crippen LogP contribution in [-0.4, -0.2) is 24.3 Å². The van der Waals surface area contributed by atoms with Crippen LogP contribution in [0.2, 0.25) is 0 Å². The first-order valence-electron chi connectivity index (χ1n) is 9.16. The van der Waals surface area contributed by atoms with Crippen molar-refractivity contribution in [1.82, 2.24) is 0 Å². The number of aryl methyl sites for hydroxylation is 1. The predicted molar refractivity (Wildman–Crippen MR) is 105 cm³/mol. The first-order chi connectivity index (χ1) is 13.0. The van der Waals surface area contributed by atoms with Crippen molar-refractivity contribution in [3.05, 3.63) is 65.2 Å². The molecule has 0 aliphatic carbocycles. The quantitative estimate of drug-likeness (QED) is 0.401. The van der Waals surface area contributed by atoms with Crippen molar-refractivity contribution in [3.63, 3.8) is 0 Å². The zero-order valence-corrected chi connectivity index (χ0v) is 15.8. The number of anilines is 1. The number of amides is 1. The van der Waals surface area contributed by atoms with E-state index in [4.69, 9.17) is 4.74 Å². The Balaban J connectivity index is 1.86. The molecule has 0 radical (unpaired) electrons. The summed E-state index contributed by atoms with van der Waals surface area (Å²) in [4.78, 5) is 36.2. The second-order valence-electron chi connectivity index (χ2n) is 6.41. The van der Waals surface area contributed by atoms with E-state index in [1.165, 1.54) is 0 Å². The number of carbonyl (C=O) groups is 3. The Morgan fingerprint density at radius 3 is 2.41 bits per heavy atom. The molecule has 0 aliphatic heterocycles. The number of esters is 1. The summed E-state index contributed by atoms with van der Waals surface area (Å²) < 4.78 is 5.17. The van der Waals surface area contributed by atoms with Gasteiger partial charge < -0.3 is 10.1 Å². The summed E-state index contributed by atoms with van der Waals surface area (Å²) in [6, 6.07) is 13.9. The third kappa shape index (κ3) is 6.70. The number of Topliss-reactive ketones (excluding diaryl/α,β-unsaturated/α-hetero) is 1. The summed E-state index contributed by atoms with van der Waals surface area (Å²) in [7, 11) is 0. The molecule has 5 nitrogen and oxygen atoms in total. The summed E-state index contributed by atoms with van der Waals surface area (Å²) >= 11 is 0. The number of ketones is 1. The van der Waals surface area contributed by atoms with Crippen molar-refractivity contribution in [1.29, 1.82) is 0 Å². The highest BCUT2D eigenvalue weighted by atomic mass is 16.5. The largest absolute Gasteiger partial charge is 0.462 e. The van der Waals surface area contributed by atoms with Crippen LogP contribution in [0.25, 0.3) is 0 Å². The van der Waals surface area contributed by atoms with Crippen molar-refractivity contribution in [2.24, 2.45) is 0 Å². The Labute approximate surface area is 159 Å². The average Bonchev–Trinajstić information content (AvgIpc) is 2.67. The van der Waals surface area contributed by atoms with E-state index >= 15 is 0 Å². The molecule has 0 aromatic heterocycles. The van der Waals surface area contributed by atoms with Gasteiger partial charge in [-0.15, -0.1) is 0 Å². The van der Waals surface area contributed by atoms with Crippen LogP contribution < -0.4 is 5.32 Å². The normalized spacial score (nSPS) is 10.3. The fourth-order valence-corrected chi connectivity index (χ4v) is 2.45. The molecule has 2 aromatic rings. The Kier molecular flexibility index (Phi) is 7.74. The Hall–Kier alpha value is -2.95. The minimum absolute atomic E-state index is 0.0709. The lowest BCUT2D eigenvalue weighted by Gasteiger charge is -2.08. The number of carbonyl (C=O) groups excluding carboxylic acids is 3. The van der Waals surface area contributed by atoms with Crippen LogP contribution in [0.5, 0.6) is 0 Å². The molecule has 0 heterocycles. The molecule has 0 unspecified atom stereocenters. The molecule has 2 aromatic carbocycles. The first-order valence-corrected chi connectivity index (χ1v) is 9.16. The fourth-order valence-electron chi connectivity index (χ4n) is 2.45. The first kappa shape index (κ1) is 20.4. The van der Waals surface area contributed by atoms with E-state index in [2.05, 4.69) is 5.32 Å². The Morgan fingerprint density at radius 1 is 0.963 bits per heavy atom. The van der Waals surface area contributed by atoms with E-state index < -0.39 is 5.97 Å². The van der Waals surface area contributed by atoms with Crippen LogP contribution in [0.15, 0.2) is 48.5 Å². The number of hydrogen-bond donors (Lipinski definition) is 1. The SMILES string of the molecule is CCCCOC(=O)c1cccc(NC(=O)CCC(=O)c2ccc(C)cc2)c1. The number of hydrogen-bond acceptors (Lipinski definition) is 4. The third-order valence-electron chi connectivity index (χ3n) is 4.07. The molecular weight excluding hydrogens is 342 g/mol. The molecule has 5 heteroatoms. The molecule has 0 spiro atoms. The summed E-state index contributed by atoms with van der Waals surface area (Å²) in [6.07, 6.45) is 1.98. The standard InChI is InChI=1S/C22H25NO4/c1-3-4-14-27-22(26)18-6-5-7-19(15-18)23-21(25)13-12-20(24)17-10-8-16(2)9-11-17/h5-11,15H,3-4,12-14H2,1-2H3,(H,23,25). The summed E-state index contributed by atoms with van der Waals surface area (Å²) in [6.45, 7) is 4.36. The van der Waals surface area contributed by atoms with Gasteiger partial charge >= 0.3 is 5.97 Å². The molecule has 27 heavy (non-hydrogen) atoms. The van der Waals surface area contributed by atoms with Crippen LogP contribution in [0.1, 0.15) is 58.9 Å². The van der Waals surface area contributed by atoms with Crippen LogP contribution in [0, 0.1) is 6.92 Å². The van der Waals surface area contributed by atoms with Gasteiger partial charge in [0.2, 0.25) is 5.91 Å². The van der Waals surface area contributed by atoms with Gasteiger partial charge in [-0.25, -0.2) is 4.79 Å². The van der Waals surface area contributed by atoms with E-state index in [0.29, 0.717) is 23.4 Å². The Bertz CT molecular complexity index is 796. The highest BCUT2D eigenvalue weighted by Crippen LogP contribution is 2.14. The van der Waals surface area contributed by atoms with Crippen molar-refractivity contribution in [3.8, 4) is 0 Å². The summed E-state index contributed by atoms with van der Waals surface area (Å²) in [5.74, 6) is -0.750. The smallest absolute Gasteiger partial charge is 0.338 e. The van der Waals surface area contributed by atoms with Crippen LogP contribution in [0.3, 0.4) is 0 Å². The maximum absolute atomic E-state index is 12.1. The second-order valence-corrected chi connectivity index (χ2v) is 6.41. The van der Waals surface area contributed by atoms with Gasteiger partial charge in [0.1, 0.15) is 0 Å². The van der Waals surface area contributed by atoms with Gasteiger partial charge in [0.25, 0.3) is 0 Å². The number of unbranched alkanes of at least 4 members (excludes halogenated alkanes) is 1. The maximum Gasteiger partial charge on any atom is 0.338 e. The predicted octanol–water partition coefficient (Wildman–Crippen LogP) is 4.55. The summed E-state index contributed by atoms with van der Waals surface area (Å²) in [5, 5.41) is 2.72. The molecule has 1 N–H and O–H groups in total. The molecule has 0 bridgehead atoms. The third-order valence-corrected chi connectivity index (χ3v) is 4.07. The van der Waals surface area contributed by atoms with Crippen LogP contribution >= 0.6 is 0 Å². The van der Waals surface area contributed by atoms with Crippen LogP contribution in [0.4, 0.5) is 5.69 Å². The van der Waals surface area contributed by atoms with Crippen molar-refractivity contribution >= 4 is 23.3 Å². The monoisotopic (exact) mass is 367 g/mol. The van der Waals surface area contributed by atoms with E-state index in [0.717, 1.165) is 18.4 Å².